The van der Waals surface area contributed by atoms with Gasteiger partial charge in [-0.05, 0) is 6.92 Å². The van der Waals surface area contributed by atoms with Gasteiger partial charge in [-0.3, -0.25) is 4.79 Å². The van der Waals surface area contributed by atoms with Gasteiger partial charge in [0.2, 0.25) is 5.91 Å². The summed E-state index contributed by atoms with van der Waals surface area (Å²) in [5, 5.41) is 2.70. The van der Waals surface area contributed by atoms with Crippen LogP contribution in [0, 0.1) is 0 Å². The molecular formula is C7H9NO. The molecule has 1 amide bonds. The average Bonchev–Trinajstić information content (AvgIpc) is 1.97. The minimum Gasteiger partial charge on any atom is -0.349 e. The molecule has 0 saturated heterocycles. The van der Waals surface area contributed by atoms with Gasteiger partial charge in [0.1, 0.15) is 0 Å². The summed E-state index contributed by atoms with van der Waals surface area (Å²) in [6.45, 7) is 2.65. The molecule has 48 valence electrons. The second kappa shape index (κ2) is 2.49. The van der Waals surface area contributed by atoms with Crippen LogP contribution in [0.15, 0.2) is 23.8 Å². The molecule has 0 unspecified atom stereocenters. The van der Waals surface area contributed by atoms with Crippen LogP contribution in [0.2, 0.25) is 0 Å². The van der Waals surface area contributed by atoms with Gasteiger partial charge in [0.05, 0.1) is 0 Å². The van der Waals surface area contributed by atoms with Crippen LogP contribution in [0.3, 0.4) is 0 Å². The molecule has 0 spiro atoms. The van der Waals surface area contributed by atoms with Gasteiger partial charge in [0.15, 0.2) is 0 Å². The third-order valence-electron chi connectivity index (χ3n) is 1.17. The van der Waals surface area contributed by atoms with E-state index in [0.29, 0.717) is 6.54 Å². The molecule has 1 rings (SSSR count). The SMILES string of the molecule is CC1=CC=CC(=O)NC1. The van der Waals surface area contributed by atoms with E-state index in [9.17, 15) is 4.79 Å². The Kier molecular flexibility index (Phi) is 1.68. The Morgan fingerprint density at radius 2 is 2.44 bits per heavy atom. The van der Waals surface area contributed by atoms with Gasteiger partial charge >= 0.3 is 0 Å². The van der Waals surface area contributed by atoms with E-state index in [0.717, 1.165) is 0 Å². The molecule has 1 heterocycles. The summed E-state index contributed by atoms with van der Waals surface area (Å²) < 4.78 is 0. The first kappa shape index (κ1) is 6.08. The van der Waals surface area contributed by atoms with Crippen molar-refractivity contribution in [2.75, 3.05) is 6.54 Å². The number of rotatable bonds is 0. The van der Waals surface area contributed by atoms with E-state index in [1.807, 2.05) is 13.0 Å². The predicted octanol–water partition coefficient (Wildman–Crippen LogP) is 0.619. The first-order valence-electron chi connectivity index (χ1n) is 2.91. The molecule has 0 radical (unpaired) electrons. The van der Waals surface area contributed by atoms with Crippen LogP contribution >= 0.6 is 0 Å². The Bertz CT molecular complexity index is 179. The normalized spacial score (nSPS) is 18.3. The number of allylic oxidation sites excluding steroid dienone is 2. The summed E-state index contributed by atoms with van der Waals surface area (Å²) in [7, 11) is 0. The fourth-order valence-electron chi connectivity index (χ4n) is 0.644. The van der Waals surface area contributed by atoms with E-state index in [1.54, 1.807) is 6.08 Å². The summed E-state index contributed by atoms with van der Waals surface area (Å²) in [5.41, 5.74) is 1.18. The lowest BCUT2D eigenvalue weighted by atomic mass is 10.3. The van der Waals surface area contributed by atoms with E-state index in [2.05, 4.69) is 5.32 Å². The molecule has 1 aliphatic rings. The molecule has 0 fully saturated rings. The smallest absolute Gasteiger partial charge is 0.244 e. The Morgan fingerprint density at radius 3 is 3.22 bits per heavy atom. The van der Waals surface area contributed by atoms with Crippen LogP contribution in [0.1, 0.15) is 6.92 Å². The summed E-state index contributed by atoms with van der Waals surface area (Å²) in [4.78, 5) is 10.6. The molecule has 0 aromatic heterocycles. The molecule has 0 saturated carbocycles. The Labute approximate surface area is 54.3 Å². The van der Waals surface area contributed by atoms with Crippen molar-refractivity contribution in [1.82, 2.24) is 5.32 Å². The van der Waals surface area contributed by atoms with Crippen LogP contribution < -0.4 is 5.32 Å². The Morgan fingerprint density at radius 1 is 1.67 bits per heavy atom. The summed E-state index contributed by atoms with van der Waals surface area (Å²) in [6.07, 6.45) is 5.21. The lowest BCUT2D eigenvalue weighted by Gasteiger charge is -1.96. The first-order chi connectivity index (χ1) is 4.29. The van der Waals surface area contributed by atoms with Gasteiger partial charge in [-0.25, -0.2) is 0 Å². The van der Waals surface area contributed by atoms with Gasteiger partial charge in [-0.2, -0.15) is 0 Å². The zero-order valence-electron chi connectivity index (χ0n) is 5.35. The number of nitrogens with one attached hydrogen (secondary N) is 1. The molecule has 0 aromatic rings. The predicted molar refractivity (Wildman–Crippen MR) is 35.9 cm³/mol. The zero-order chi connectivity index (χ0) is 6.69. The topological polar surface area (TPSA) is 29.1 Å². The minimum absolute atomic E-state index is 0.0110. The van der Waals surface area contributed by atoms with Gasteiger partial charge in [0, 0.05) is 12.6 Å². The van der Waals surface area contributed by atoms with Gasteiger partial charge < -0.3 is 5.32 Å². The summed E-state index contributed by atoms with van der Waals surface area (Å²) in [6, 6.07) is 0. The van der Waals surface area contributed by atoms with Crippen molar-refractivity contribution >= 4 is 5.91 Å². The van der Waals surface area contributed by atoms with Crippen LogP contribution in [-0.4, -0.2) is 12.5 Å². The number of hydrogen-bond acceptors (Lipinski definition) is 1. The number of amides is 1. The molecular weight excluding hydrogens is 114 g/mol. The second-order valence-corrected chi connectivity index (χ2v) is 2.09. The fraction of sp³-hybridized carbons (Fsp3) is 0.286. The van der Waals surface area contributed by atoms with Gasteiger partial charge in [-0.15, -0.1) is 0 Å². The highest BCUT2D eigenvalue weighted by Crippen LogP contribution is 1.94. The molecule has 0 aliphatic carbocycles. The van der Waals surface area contributed by atoms with Crippen LogP contribution in [0.25, 0.3) is 0 Å². The van der Waals surface area contributed by atoms with E-state index in [1.165, 1.54) is 11.6 Å². The standard InChI is InChI=1S/C7H9NO/c1-6-3-2-4-7(9)8-5-6/h2-4H,5H2,1H3,(H,8,9). The maximum absolute atomic E-state index is 10.6. The van der Waals surface area contributed by atoms with Crippen LogP contribution in [0.5, 0.6) is 0 Å². The number of carbonyl (C=O) groups excluding carboxylic acids is 1. The minimum atomic E-state index is -0.0110. The van der Waals surface area contributed by atoms with Crippen molar-refractivity contribution in [3.05, 3.63) is 23.8 Å². The quantitative estimate of drug-likeness (QED) is 0.502. The molecule has 0 atom stereocenters. The lowest BCUT2D eigenvalue weighted by molar-refractivity contribution is -0.116. The van der Waals surface area contributed by atoms with Crippen LogP contribution in [-0.2, 0) is 4.79 Å². The highest BCUT2D eigenvalue weighted by molar-refractivity contribution is 5.88. The maximum Gasteiger partial charge on any atom is 0.244 e. The zero-order valence-corrected chi connectivity index (χ0v) is 5.35. The van der Waals surface area contributed by atoms with Crippen molar-refractivity contribution < 1.29 is 4.79 Å². The third-order valence-corrected chi connectivity index (χ3v) is 1.17. The van der Waals surface area contributed by atoms with Crippen molar-refractivity contribution in [2.24, 2.45) is 0 Å². The van der Waals surface area contributed by atoms with Crippen molar-refractivity contribution in [3.63, 3.8) is 0 Å². The van der Waals surface area contributed by atoms with E-state index in [4.69, 9.17) is 0 Å². The van der Waals surface area contributed by atoms with E-state index in [-0.39, 0.29) is 5.91 Å². The third kappa shape index (κ3) is 1.72. The molecule has 2 nitrogen and oxygen atoms in total. The van der Waals surface area contributed by atoms with Crippen molar-refractivity contribution in [3.8, 4) is 0 Å². The van der Waals surface area contributed by atoms with Crippen molar-refractivity contribution in [2.45, 2.75) is 6.92 Å². The second-order valence-electron chi connectivity index (χ2n) is 2.09. The van der Waals surface area contributed by atoms with E-state index < -0.39 is 0 Å². The van der Waals surface area contributed by atoms with Crippen LogP contribution in [0.4, 0.5) is 0 Å². The highest BCUT2D eigenvalue weighted by atomic mass is 16.1. The lowest BCUT2D eigenvalue weighted by Crippen LogP contribution is -2.21. The first-order valence-corrected chi connectivity index (χ1v) is 2.91. The maximum atomic E-state index is 10.6. The monoisotopic (exact) mass is 123 g/mol. The number of carbonyl (C=O) groups is 1. The fourth-order valence-corrected chi connectivity index (χ4v) is 0.644. The molecule has 9 heavy (non-hydrogen) atoms. The molecule has 1 aliphatic heterocycles. The molecule has 0 bridgehead atoms. The van der Waals surface area contributed by atoms with Gasteiger partial charge in [0.25, 0.3) is 0 Å². The summed E-state index contributed by atoms with van der Waals surface area (Å²) >= 11 is 0. The number of hydrogen-bond donors (Lipinski definition) is 1. The molecule has 0 aromatic carbocycles. The molecule has 2 heteroatoms. The average molecular weight is 123 g/mol. The largest absolute Gasteiger partial charge is 0.349 e. The van der Waals surface area contributed by atoms with Crippen molar-refractivity contribution in [1.29, 1.82) is 0 Å². The van der Waals surface area contributed by atoms with E-state index >= 15 is 0 Å². The summed E-state index contributed by atoms with van der Waals surface area (Å²) in [5.74, 6) is -0.0110. The molecule has 1 N–H and O–H groups in total. The Hall–Kier alpha value is -1.05. The van der Waals surface area contributed by atoms with Gasteiger partial charge in [-0.1, -0.05) is 17.7 Å². The Balaban J connectivity index is 2.65. The highest BCUT2D eigenvalue weighted by Gasteiger charge is 1.96.